The number of carbonyl (C=O) groups is 3. The van der Waals surface area contributed by atoms with E-state index < -0.39 is 35.4 Å². The predicted molar refractivity (Wildman–Crippen MR) is 103 cm³/mol. The van der Waals surface area contributed by atoms with Crippen LogP contribution in [0.2, 0.25) is 0 Å². The third-order valence-electron chi connectivity index (χ3n) is 4.95. The minimum atomic E-state index is -0.970. The molecular formula is C21H21FN2O4. The molecule has 1 aliphatic carbocycles. The maximum Gasteiger partial charge on any atom is 0.307 e. The van der Waals surface area contributed by atoms with E-state index in [9.17, 15) is 23.9 Å². The minimum absolute atomic E-state index is 0.239. The second-order valence-corrected chi connectivity index (χ2v) is 6.83. The molecule has 3 rings (SSSR count). The number of carboxylic acid groups (broad SMARTS) is 1. The molecular weight excluding hydrogens is 363 g/mol. The summed E-state index contributed by atoms with van der Waals surface area (Å²) in [5.74, 6) is -3.57. The van der Waals surface area contributed by atoms with Crippen LogP contribution in [0, 0.1) is 17.7 Å². The molecule has 28 heavy (non-hydrogen) atoms. The Morgan fingerprint density at radius 3 is 2.21 bits per heavy atom. The van der Waals surface area contributed by atoms with Crippen molar-refractivity contribution in [3.05, 3.63) is 59.9 Å². The lowest BCUT2D eigenvalue weighted by atomic mass is 9.78. The second kappa shape index (κ2) is 8.65. The number of para-hydroxylation sites is 1. The lowest BCUT2D eigenvalue weighted by Crippen LogP contribution is -2.36. The number of anilines is 2. The molecule has 0 spiro atoms. The van der Waals surface area contributed by atoms with E-state index >= 15 is 0 Å². The second-order valence-electron chi connectivity index (χ2n) is 6.83. The molecule has 0 saturated heterocycles. The quantitative estimate of drug-likeness (QED) is 0.728. The molecule has 2 amide bonds. The van der Waals surface area contributed by atoms with Crippen molar-refractivity contribution in [2.75, 3.05) is 10.6 Å². The summed E-state index contributed by atoms with van der Waals surface area (Å²) in [7, 11) is 0. The Bertz CT molecular complexity index is 882. The number of aliphatic carboxylic acids is 1. The van der Waals surface area contributed by atoms with Gasteiger partial charge in [-0.15, -0.1) is 0 Å². The van der Waals surface area contributed by atoms with Crippen LogP contribution in [-0.2, 0) is 9.59 Å². The zero-order chi connectivity index (χ0) is 20.1. The van der Waals surface area contributed by atoms with Crippen molar-refractivity contribution in [3.63, 3.8) is 0 Å². The lowest BCUT2D eigenvalue weighted by Gasteiger charge is -2.27. The van der Waals surface area contributed by atoms with Crippen LogP contribution in [0.5, 0.6) is 0 Å². The summed E-state index contributed by atoms with van der Waals surface area (Å²) in [5.41, 5.74) is 0.968. The van der Waals surface area contributed by atoms with Gasteiger partial charge in [0.1, 0.15) is 5.82 Å². The van der Waals surface area contributed by atoms with Gasteiger partial charge in [0.15, 0.2) is 0 Å². The SMILES string of the molecule is O=C(Nc1ccc(F)cc1)c1ccccc1NC(=O)[C@H]1CCCC[C@@H]1C(=O)O. The van der Waals surface area contributed by atoms with Crippen molar-refractivity contribution < 1.29 is 23.9 Å². The van der Waals surface area contributed by atoms with E-state index in [2.05, 4.69) is 10.6 Å². The third kappa shape index (κ3) is 4.54. The van der Waals surface area contributed by atoms with Gasteiger partial charge in [-0.25, -0.2) is 4.39 Å². The van der Waals surface area contributed by atoms with Gasteiger partial charge in [0.05, 0.1) is 23.1 Å². The number of hydrogen-bond donors (Lipinski definition) is 3. The molecule has 0 radical (unpaired) electrons. The zero-order valence-corrected chi connectivity index (χ0v) is 15.2. The van der Waals surface area contributed by atoms with Gasteiger partial charge in [0, 0.05) is 5.69 Å². The monoisotopic (exact) mass is 384 g/mol. The maximum atomic E-state index is 13.0. The Balaban J connectivity index is 1.76. The fourth-order valence-electron chi connectivity index (χ4n) is 3.49. The first-order chi connectivity index (χ1) is 13.5. The minimum Gasteiger partial charge on any atom is -0.481 e. The average molecular weight is 384 g/mol. The number of halogens is 1. The van der Waals surface area contributed by atoms with Crippen molar-refractivity contribution in [3.8, 4) is 0 Å². The van der Waals surface area contributed by atoms with Crippen LogP contribution in [0.4, 0.5) is 15.8 Å². The van der Waals surface area contributed by atoms with Crippen molar-refractivity contribution in [2.24, 2.45) is 11.8 Å². The number of carboxylic acids is 1. The molecule has 3 N–H and O–H groups in total. The standard InChI is InChI=1S/C21H21FN2O4/c22-13-9-11-14(12-10-13)23-20(26)17-7-3-4-8-18(17)24-19(25)15-5-1-2-6-16(15)21(27)28/h3-4,7-12,15-16H,1-2,5-6H2,(H,23,26)(H,24,25)(H,27,28)/t15-,16-/m0/s1. The molecule has 7 heteroatoms. The maximum absolute atomic E-state index is 13.0. The highest BCUT2D eigenvalue weighted by Gasteiger charge is 2.36. The van der Waals surface area contributed by atoms with Crippen LogP contribution in [0.25, 0.3) is 0 Å². The fraction of sp³-hybridized carbons (Fsp3) is 0.286. The largest absolute Gasteiger partial charge is 0.481 e. The van der Waals surface area contributed by atoms with Crippen LogP contribution < -0.4 is 10.6 Å². The fourth-order valence-corrected chi connectivity index (χ4v) is 3.49. The molecule has 0 aliphatic heterocycles. The van der Waals surface area contributed by atoms with Crippen molar-refractivity contribution >= 4 is 29.2 Å². The topological polar surface area (TPSA) is 95.5 Å². The van der Waals surface area contributed by atoms with Gasteiger partial charge in [-0.2, -0.15) is 0 Å². The summed E-state index contributed by atoms with van der Waals surface area (Å²) in [6.07, 6.45) is 2.57. The average Bonchev–Trinajstić information content (AvgIpc) is 2.70. The van der Waals surface area contributed by atoms with Gasteiger partial charge in [-0.3, -0.25) is 14.4 Å². The Morgan fingerprint density at radius 1 is 0.893 bits per heavy atom. The first kappa shape index (κ1) is 19.5. The molecule has 2 aromatic carbocycles. The van der Waals surface area contributed by atoms with Crippen LogP contribution >= 0.6 is 0 Å². The number of carbonyl (C=O) groups excluding carboxylic acids is 2. The summed E-state index contributed by atoms with van der Waals surface area (Å²) in [6.45, 7) is 0. The van der Waals surface area contributed by atoms with Crippen LogP contribution in [0.3, 0.4) is 0 Å². The lowest BCUT2D eigenvalue weighted by molar-refractivity contribution is -0.147. The van der Waals surface area contributed by atoms with Crippen molar-refractivity contribution in [1.82, 2.24) is 0 Å². The van der Waals surface area contributed by atoms with Gasteiger partial charge in [0.25, 0.3) is 5.91 Å². The zero-order valence-electron chi connectivity index (χ0n) is 15.2. The number of nitrogens with one attached hydrogen (secondary N) is 2. The first-order valence-electron chi connectivity index (χ1n) is 9.15. The number of rotatable bonds is 5. The van der Waals surface area contributed by atoms with E-state index in [-0.39, 0.29) is 5.56 Å². The molecule has 0 aromatic heterocycles. The molecule has 146 valence electrons. The third-order valence-corrected chi connectivity index (χ3v) is 4.95. The molecule has 0 heterocycles. The van der Waals surface area contributed by atoms with E-state index in [0.29, 0.717) is 24.2 Å². The first-order valence-corrected chi connectivity index (χ1v) is 9.15. The van der Waals surface area contributed by atoms with Gasteiger partial charge < -0.3 is 15.7 Å². The highest BCUT2D eigenvalue weighted by Crippen LogP contribution is 2.31. The molecule has 1 aliphatic rings. The summed E-state index contributed by atoms with van der Waals surface area (Å²) in [4.78, 5) is 36.8. The molecule has 2 atom stereocenters. The summed E-state index contributed by atoms with van der Waals surface area (Å²) >= 11 is 0. The number of hydrogen-bond acceptors (Lipinski definition) is 3. The molecule has 1 fully saturated rings. The Kier molecular flexibility index (Phi) is 6.03. The number of benzene rings is 2. The van der Waals surface area contributed by atoms with Crippen LogP contribution in [0.1, 0.15) is 36.0 Å². The molecule has 0 unspecified atom stereocenters. The smallest absolute Gasteiger partial charge is 0.307 e. The summed E-state index contributed by atoms with van der Waals surface area (Å²) < 4.78 is 13.0. The summed E-state index contributed by atoms with van der Waals surface area (Å²) in [6, 6.07) is 11.8. The van der Waals surface area contributed by atoms with E-state index in [1.165, 1.54) is 24.3 Å². The van der Waals surface area contributed by atoms with Crippen molar-refractivity contribution in [2.45, 2.75) is 25.7 Å². The highest BCUT2D eigenvalue weighted by molar-refractivity contribution is 6.10. The van der Waals surface area contributed by atoms with E-state index in [1.54, 1.807) is 24.3 Å². The van der Waals surface area contributed by atoms with E-state index in [4.69, 9.17) is 0 Å². The Morgan fingerprint density at radius 2 is 1.54 bits per heavy atom. The van der Waals surface area contributed by atoms with Crippen LogP contribution in [0.15, 0.2) is 48.5 Å². The van der Waals surface area contributed by atoms with Gasteiger partial charge in [-0.1, -0.05) is 25.0 Å². The molecule has 1 saturated carbocycles. The van der Waals surface area contributed by atoms with Gasteiger partial charge in [-0.05, 0) is 49.2 Å². The number of amides is 2. The van der Waals surface area contributed by atoms with E-state index in [1.807, 2.05) is 0 Å². The van der Waals surface area contributed by atoms with E-state index in [0.717, 1.165) is 12.8 Å². The summed E-state index contributed by atoms with van der Waals surface area (Å²) in [5, 5.41) is 14.8. The van der Waals surface area contributed by atoms with Crippen molar-refractivity contribution in [1.29, 1.82) is 0 Å². The van der Waals surface area contributed by atoms with Crippen LogP contribution in [-0.4, -0.2) is 22.9 Å². The Hall–Kier alpha value is -3.22. The van der Waals surface area contributed by atoms with Gasteiger partial charge >= 0.3 is 5.97 Å². The van der Waals surface area contributed by atoms with Gasteiger partial charge in [0.2, 0.25) is 5.91 Å². The molecule has 6 nitrogen and oxygen atoms in total. The highest BCUT2D eigenvalue weighted by atomic mass is 19.1. The molecule has 0 bridgehead atoms. The Labute approximate surface area is 161 Å². The molecule has 2 aromatic rings. The predicted octanol–water partition coefficient (Wildman–Crippen LogP) is 3.91. The normalized spacial score (nSPS) is 18.9.